The summed E-state index contributed by atoms with van der Waals surface area (Å²) in [5, 5.41) is 2.52. The zero-order chi connectivity index (χ0) is 13.7. The van der Waals surface area contributed by atoms with Gasteiger partial charge in [0.25, 0.3) is 5.91 Å². The van der Waals surface area contributed by atoms with Gasteiger partial charge in [-0.15, -0.1) is 0 Å². The number of carbonyl (C=O) groups is 1. The summed E-state index contributed by atoms with van der Waals surface area (Å²) in [6, 6.07) is 5.78. The number of carbonyl (C=O) groups excluding carboxylic acids is 1. The van der Waals surface area contributed by atoms with Gasteiger partial charge in [-0.3, -0.25) is 4.79 Å². The topological polar surface area (TPSA) is 29.1 Å². The lowest BCUT2D eigenvalue weighted by Gasteiger charge is -2.14. The number of hydrogen-bond donors (Lipinski definition) is 1. The highest BCUT2D eigenvalue weighted by Gasteiger charge is 2.17. The monoisotopic (exact) mass is 265 g/mol. The van der Waals surface area contributed by atoms with Crippen molar-refractivity contribution < 1.29 is 13.6 Å². The molecule has 0 aromatic heterocycles. The second-order valence-corrected chi connectivity index (χ2v) is 4.79. The van der Waals surface area contributed by atoms with Crippen LogP contribution in [0.1, 0.15) is 37.7 Å². The van der Waals surface area contributed by atoms with Crippen LogP contribution in [0.3, 0.4) is 0 Å². The molecule has 1 aromatic rings. The maximum Gasteiger partial charge on any atom is 0.280 e. The predicted molar refractivity (Wildman–Crippen MR) is 69.5 cm³/mol. The zero-order valence-electron chi connectivity index (χ0n) is 10.7. The van der Waals surface area contributed by atoms with Crippen molar-refractivity contribution in [2.45, 2.75) is 38.6 Å². The zero-order valence-corrected chi connectivity index (χ0v) is 10.7. The molecule has 0 atom stereocenters. The third kappa shape index (κ3) is 3.88. The van der Waals surface area contributed by atoms with Crippen molar-refractivity contribution in [3.05, 3.63) is 47.0 Å². The number of benzene rings is 1. The molecule has 1 fully saturated rings. The minimum Gasteiger partial charge on any atom is -0.346 e. The van der Waals surface area contributed by atoms with Crippen LogP contribution in [0.25, 0.3) is 0 Å². The van der Waals surface area contributed by atoms with Gasteiger partial charge in [-0.1, -0.05) is 18.6 Å². The summed E-state index contributed by atoms with van der Waals surface area (Å²) in [6.07, 6.45) is 4.36. The molecule has 1 aliphatic rings. The average molecular weight is 265 g/mol. The molecule has 1 N–H and O–H groups in total. The Morgan fingerprint density at radius 1 is 1.11 bits per heavy atom. The van der Waals surface area contributed by atoms with E-state index in [1.807, 2.05) is 0 Å². The summed E-state index contributed by atoms with van der Waals surface area (Å²) in [7, 11) is 0. The second-order valence-electron chi connectivity index (χ2n) is 4.79. The largest absolute Gasteiger partial charge is 0.346 e. The van der Waals surface area contributed by atoms with Crippen molar-refractivity contribution in [1.82, 2.24) is 5.32 Å². The minimum absolute atomic E-state index is 0.208. The number of rotatable bonds is 3. The van der Waals surface area contributed by atoms with E-state index in [-0.39, 0.29) is 12.4 Å². The van der Waals surface area contributed by atoms with E-state index < -0.39 is 11.7 Å². The molecule has 1 aliphatic carbocycles. The lowest BCUT2D eigenvalue weighted by Crippen LogP contribution is -2.24. The smallest absolute Gasteiger partial charge is 0.280 e. The molecular weight excluding hydrogens is 248 g/mol. The number of nitrogens with one attached hydrogen (secondary N) is 1. The molecule has 0 radical (unpaired) electrons. The van der Waals surface area contributed by atoms with Crippen molar-refractivity contribution in [1.29, 1.82) is 0 Å². The highest BCUT2D eigenvalue weighted by molar-refractivity contribution is 5.91. The van der Waals surface area contributed by atoms with Crippen LogP contribution >= 0.6 is 0 Å². The Morgan fingerprint density at radius 3 is 2.37 bits per heavy atom. The molecule has 1 aromatic carbocycles. The minimum atomic E-state index is -0.666. The van der Waals surface area contributed by atoms with E-state index in [1.165, 1.54) is 12.1 Å². The summed E-state index contributed by atoms with van der Waals surface area (Å²) < 4.78 is 26.6. The van der Waals surface area contributed by atoms with Crippen molar-refractivity contribution in [3.8, 4) is 0 Å². The van der Waals surface area contributed by atoms with Crippen LogP contribution in [-0.4, -0.2) is 5.91 Å². The molecule has 0 bridgehead atoms. The van der Waals surface area contributed by atoms with E-state index in [0.29, 0.717) is 18.4 Å². The molecule has 0 aliphatic heterocycles. The third-order valence-corrected chi connectivity index (χ3v) is 3.33. The first-order valence-corrected chi connectivity index (χ1v) is 6.57. The normalized spacial score (nSPS) is 15.2. The van der Waals surface area contributed by atoms with Gasteiger partial charge in [-0.2, -0.15) is 0 Å². The predicted octanol–water partition coefficient (Wildman–Crippen LogP) is 3.63. The summed E-state index contributed by atoms with van der Waals surface area (Å²) in [5.41, 5.74) is 1.37. The molecule has 2 rings (SSSR count). The Balaban J connectivity index is 1.91. The molecule has 1 amide bonds. The van der Waals surface area contributed by atoms with E-state index >= 15 is 0 Å². The van der Waals surface area contributed by atoms with E-state index in [9.17, 15) is 13.6 Å². The lowest BCUT2D eigenvalue weighted by atomic mass is 9.94. The van der Waals surface area contributed by atoms with Crippen LogP contribution in [0.5, 0.6) is 0 Å². The van der Waals surface area contributed by atoms with Crippen LogP contribution in [0, 0.1) is 5.82 Å². The standard InChI is InChI=1S/C15H17F2NO/c16-13-8-6-11(7-9-13)10-18-15(19)14(17)12-4-2-1-3-5-12/h6-9H,1-5,10H2,(H,18,19). The SMILES string of the molecule is O=C(NCc1ccc(F)cc1)C(F)=C1CCCCC1. The van der Waals surface area contributed by atoms with Crippen LogP contribution in [0.2, 0.25) is 0 Å². The highest BCUT2D eigenvalue weighted by atomic mass is 19.1. The van der Waals surface area contributed by atoms with Crippen LogP contribution in [0.15, 0.2) is 35.7 Å². The lowest BCUT2D eigenvalue weighted by molar-refractivity contribution is -0.119. The quantitative estimate of drug-likeness (QED) is 0.831. The molecule has 4 heteroatoms. The first-order valence-electron chi connectivity index (χ1n) is 6.57. The molecule has 0 heterocycles. The van der Waals surface area contributed by atoms with Crippen LogP contribution < -0.4 is 5.32 Å². The van der Waals surface area contributed by atoms with Crippen LogP contribution in [-0.2, 0) is 11.3 Å². The number of halogens is 2. The highest BCUT2D eigenvalue weighted by Crippen LogP contribution is 2.26. The molecule has 0 spiro atoms. The Bertz CT molecular complexity index is 471. The van der Waals surface area contributed by atoms with E-state index in [1.54, 1.807) is 12.1 Å². The van der Waals surface area contributed by atoms with E-state index in [0.717, 1.165) is 24.8 Å². The fourth-order valence-corrected chi connectivity index (χ4v) is 2.22. The van der Waals surface area contributed by atoms with Gasteiger partial charge in [-0.25, -0.2) is 8.78 Å². The maximum absolute atomic E-state index is 13.9. The van der Waals surface area contributed by atoms with Gasteiger partial charge >= 0.3 is 0 Å². The average Bonchev–Trinajstić information content (AvgIpc) is 2.46. The number of allylic oxidation sites excluding steroid dienone is 1. The first-order chi connectivity index (χ1) is 9.16. The number of hydrogen-bond acceptors (Lipinski definition) is 1. The molecule has 1 saturated carbocycles. The summed E-state index contributed by atoms with van der Waals surface area (Å²) in [4.78, 5) is 11.7. The van der Waals surface area contributed by atoms with Gasteiger partial charge in [0.05, 0.1) is 0 Å². The first kappa shape index (κ1) is 13.7. The van der Waals surface area contributed by atoms with Gasteiger partial charge in [0.15, 0.2) is 5.83 Å². The summed E-state index contributed by atoms with van der Waals surface area (Å²) in [5.74, 6) is -1.63. The van der Waals surface area contributed by atoms with Gasteiger partial charge in [0.1, 0.15) is 5.82 Å². The summed E-state index contributed by atoms with van der Waals surface area (Å²) in [6.45, 7) is 0.208. The van der Waals surface area contributed by atoms with E-state index in [4.69, 9.17) is 0 Å². The third-order valence-electron chi connectivity index (χ3n) is 3.33. The Labute approximate surface area is 111 Å². The Kier molecular flexibility index (Phi) is 4.66. The molecule has 102 valence electrons. The molecule has 0 saturated heterocycles. The molecule has 2 nitrogen and oxygen atoms in total. The second kappa shape index (κ2) is 6.45. The summed E-state index contributed by atoms with van der Waals surface area (Å²) >= 11 is 0. The van der Waals surface area contributed by atoms with Crippen molar-refractivity contribution >= 4 is 5.91 Å². The molecular formula is C15H17F2NO. The fourth-order valence-electron chi connectivity index (χ4n) is 2.22. The van der Waals surface area contributed by atoms with Crippen molar-refractivity contribution in [3.63, 3.8) is 0 Å². The van der Waals surface area contributed by atoms with E-state index in [2.05, 4.69) is 5.32 Å². The van der Waals surface area contributed by atoms with Crippen molar-refractivity contribution in [2.75, 3.05) is 0 Å². The van der Waals surface area contributed by atoms with Crippen LogP contribution in [0.4, 0.5) is 8.78 Å². The van der Waals surface area contributed by atoms with Gasteiger partial charge in [0.2, 0.25) is 0 Å². The van der Waals surface area contributed by atoms with Gasteiger partial charge in [0, 0.05) is 6.54 Å². The number of amides is 1. The maximum atomic E-state index is 13.9. The Hall–Kier alpha value is -1.71. The molecule has 0 unspecified atom stereocenters. The van der Waals surface area contributed by atoms with Crippen molar-refractivity contribution in [2.24, 2.45) is 0 Å². The van der Waals surface area contributed by atoms with Gasteiger partial charge < -0.3 is 5.32 Å². The molecule has 19 heavy (non-hydrogen) atoms. The fraction of sp³-hybridized carbons (Fsp3) is 0.400. The Morgan fingerprint density at radius 2 is 1.74 bits per heavy atom. The van der Waals surface area contributed by atoms with Gasteiger partial charge in [-0.05, 0) is 49.0 Å².